The van der Waals surface area contributed by atoms with Crippen molar-refractivity contribution in [2.45, 2.75) is 39.7 Å². The van der Waals surface area contributed by atoms with Crippen molar-refractivity contribution in [3.05, 3.63) is 0 Å². The first-order valence-corrected chi connectivity index (χ1v) is 5.46. The second-order valence-electron chi connectivity index (χ2n) is 4.50. The molecule has 0 fully saturated rings. The molecule has 90 valence electrons. The summed E-state index contributed by atoms with van der Waals surface area (Å²) in [4.78, 5) is 11.0. The van der Waals surface area contributed by atoms with E-state index in [1.807, 2.05) is 0 Å². The van der Waals surface area contributed by atoms with Gasteiger partial charge in [0.05, 0.1) is 18.8 Å². The number of carbonyl (C=O) groups excluding carboxylic acids is 1. The zero-order valence-electron chi connectivity index (χ0n) is 10.2. The molecule has 0 radical (unpaired) electrons. The summed E-state index contributed by atoms with van der Waals surface area (Å²) in [6, 6.07) is 0. The summed E-state index contributed by atoms with van der Waals surface area (Å²) in [5.74, 6) is 0.155. The molecule has 2 N–H and O–H groups in total. The van der Waals surface area contributed by atoms with Crippen LogP contribution in [0.1, 0.15) is 34.1 Å². The third kappa shape index (κ3) is 8.39. The molecule has 1 unspecified atom stereocenters. The van der Waals surface area contributed by atoms with Gasteiger partial charge in [-0.15, -0.1) is 0 Å². The molecule has 4 nitrogen and oxygen atoms in total. The van der Waals surface area contributed by atoms with Crippen LogP contribution in [0.3, 0.4) is 0 Å². The van der Waals surface area contributed by atoms with Crippen LogP contribution in [0.4, 0.5) is 0 Å². The van der Waals surface area contributed by atoms with Gasteiger partial charge in [-0.25, -0.2) is 0 Å². The van der Waals surface area contributed by atoms with Gasteiger partial charge in [-0.1, -0.05) is 13.8 Å². The molecule has 1 atom stereocenters. The number of hydrogen-bond donors (Lipinski definition) is 2. The van der Waals surface area contributed by atoms with Crippen molar-refractivity contribution in [1.82, 2.24) is 5.32 Å². The van der Waals surface area contributed by atoms with Crippen molar-refractivity contribution in [3.63, 3.8) is 0 Å². The number of ether oxygens (including phenoxy) is 1. The molecule has 0 aromatic rings. The fourth-order valence-corrected chi connectivity index (χ4v) is 1.60. The van der Waals surface area contributed by atoms with Crippen LogP contribution in [0.15, 0.2) is 0 Å². The van der Waals surface area contributed by atoms with Gasteiger partial charge in [0.15, 0.2) is 0 Å². The summed E-state index contributed by atoms with van der Waals surface area (Å²) < 4.78 is 4.75. The van der Waals surface area contributed by atoms with Crippen LogP contribution in [0.5, 0.6) is 0 Å². The number of rotatable bonds is 7. The van der Waals surface area contributed by atoms with Crippen LogP contribution < -0.4 is 5.32 Å². The minimum Gasteiger partial charge on any atom is -0.465 e. The fraction of sp³-hybridized carbons (Fsp3) is 0.909. The Bertz CT molecular complexity index is 190. The third-order valence-corrected chi connectivity index (χ3v) is 1.93. The standard InChI is InChI=1S/C11H23NO3/c1-5-15-10(13)7-12-8-11(4,14)6-9(2)3/h9,12,14H,5-8H2,1-4H3. The maximum absolute atomic E-state index is 11.0. The lowest BCUT2D eigenvalue weighted by Crippen LogP contribution is -2.41. The Balaban J connectivity index is 3.69. The average Bonchev–Trinajstić information content (AvgIpc) is 2.01. The summed E-state index contributed by atoms with van der Waals surface area (Å²) in [6.07, 6.45) is 0.711. The maximum atomic E-state index is 11.0. The predicted octanol–water partition coefficient (Wildman–Crippen LogP) is 0.936. The van der Waals surface area contributed by atoms with Crippen molar-refractivity contribution >= 4 is 5.97 Å². The van der Waals surface area contributed by atoms with E-state index in [1.165, 1.54) is 0 Å². The molecule has 0 aliphatic carbocycles. The molecule has 0 spiro atoms. The Labute approximate surface area is 92.0 Å². The first-order chi connectivity index (χ1) is 6.87. The maximum Gasteiger partial charge on any atom is 0.319 e. The number of nitrogens with one attached hydrogen (secondary N) is 1. The van der Waals surface area contributed by atoms with Crippen LogP contribution in [0.25, 0.3) is 0 Å². The number of hydrogen-bond acceptors (Lipinski definition) is 4. The lowest BCUT2D eigenvalue weighted by atomic mass is 9.94. The molecule has 15 heavy (non-hydrogen) atoms. The minimum absolute atomic E-state index is 0.155. The monoisotopic (exact) mass is 217 g/mol. The molecule has 0 saturated heterocycles. The third-order valence-electron chi connectivity index (χ3n) is 1.93. The van der Waals surface area contributed by atoms with Gasteiger partial charge in [0.25, 0.3) is 0 Å². The molecule has 0 saturated carbocycles. The van der Waals surface area contributed by atoms with Crippen molar-refractivity contribution in [1.29, 1.82) is 0 Å². The highest BCUT2D eigenvalue weighted by Gasteiger charge is 2.21. The molecule has 0 aromatic carbocycles. The minimum atomic E-state index is -0.763. The van der Waals surface area contributed by atoms with Crippen LogP contribution in [0, 0.1) is 5.92 Å². The molecular weight excluding hydrogens is 194 g/mol. The van der Waals surface area contributed by atoms with E-state index < -0.39 is 5.60 Å². The van der Waals surface area contributed by atoms with E-state index in [0.29, 0.717) is 25.5 Å². The number of esters is 1. The molecule has 0 rings (SSSR count). The zero-order valence-corrected chi connectivity index (χ0v) is 10.2. The Hall–Kier alpha value is -0.610. The smallest absolute Gasteiger partial charge is 0.319 e. The molecule has 0 aromatic heterocycles. The highest BCUT2D eigenvalue weighted by Crippen LogP contribution is 2.14. The molecule has 0 amide bonds. The van der Waals surface area contributed by atoms with Gasteiger partial charge in [-0.3, -0.25) is 4.79 Å². The van der Waals surface area contributed by atoms with Gasteiger partial charge >= 0.3 is 5.97 Å². The van der Waals surface area contributed by atoms with Crippen LogP contribution in [-0.2, 0) is 9.53 Å². The molecule has 0 aliphatic rings. The van der Waals surface area contributed by atoms with Gasteiger partial charge in [0, 0.05) is 6.54 Å². The van der Waals surface area contributed by atoms with Crippen LogP contribution in [0.2, 0.25) is 0 Å². The topological polar surface area (TPSA) is 58.6 Å². The van der Waals surface area contributed by atoms with Gasteiger partial charge in [0.1, 0.15) is 0 Å². The zero-order chi connectivity index (χ0) is 11.9. The Morgan fingerprint density at radius 3 is 2.60 bits per heavy atom. The van der Waals surface area contributed by atoms with Gasteiger partial charge in [-0.05, 0) is 26.2 Å². The average molecular weight is 217 g/mol. The van der Waals surface area contributed by atoms with Gasteiger partial charge in [-0.2, -0.15) is 0 Å². The largest absolute Gasteiger partial charge is 0.465 e. The van der Waals surface area contributed by atoms with E-state index >= 15 is 0 Å². The highest BCUT2D eigenvalue weighted by molar-refractivity contribution is 5.71. The van der Waals surface area contributed by atoms with Crippen molar-refractivity contribution < 1.29 is 14.6 Å². The predicted molar refractivity (Wildman–Crippen MR) is 59.6 cm³/mol. The van der Waals surface area contributed by atoms with Crippen molar-refractivity contribution in [2.24, 2.45) is 5.92 Å². The Kier molecular flexibility index (Phi) is 6.52. The SMILES string of the molecule is CCOC(=O)CNCC(C)(O)CC(C)C. The first kappa shape index (κ1) is 14.4. The molecule has 0 bridgehead atoms. The highest BCUT2D eigenvalue weighted by atomic mass is 16.5. The second-order valence-corrected chi connectivity index (χ2v) is 4.50. The summed E-state index contributed by atoms with van der Waals surface area (Å²) in [6.45, 7) is 8.60. The summed E-state index contributed by atoms with van der Waals surface area (Å²) >= 11 is 0. The van der Waals surface area contributed by atoms with Crippen molar-refractivity contribution in [3.8, 4) is 0 Å². The molecule has 0 heterocycles. The molecule has 4 heteroatoms. The summed E-state index contributed by atoms with van der Waals surface area (Å²) in [5.41, 5.74) is -0.763. The van der Waals surface area contributed by atoms with E-state index in [0.717, 1.165) is 0 Å². The number of carbonyl (C=O) groups is 1. The normalized spacial score (nSPS) is 15.1. The Morgan fingerprint density at radius 2 is 2.13 bits per heavy atom. The second kappa shape index (κ2) is 6.80. The van der Waals surface area contributed by atoms with Crippen LogP contribution >= 0.6 is 0 Å². The number of aliphatic hydroxyl groups is 1. The molecule has 0 aliphatic heterocycles. The fourth-order valence-electron chi connectivity index (χ4n) is 1.60. The van der Waals surface area contributed by atoms with Crippen molar-refractivity contribution in [2.75, 3.05) is 19.7 Å². The van der Waals surface area contributed by atoms with Gasteiger partial charge in [0.2, 0.25) is 0 Å². The van der Waals surface area contributed by atoms with E-state index in [4.69, 9.17) is 4.74 Å². The van der Waals surface area contributed by atoms with E-state index in [-0.39, 0.29) is 12.5 Å². The summed E-state index contributed by atoms with van der Waals surface area (Å²) in [7, 11) is 0. The van der Waals surface area contributed by atoms with Gasteiger partial charge < -0.3 is 15.2 Å². The first-order valence-electron chi connectivity index (χ1n) is 5.46. The van der Waals surface area contributed by atoms with E-state index in [9.17, 15) is 9.90 Å². The quantitative estimate of drug-likeness (QED) is 0.623. The Morgan fingerprint density at radius 1 is 1.53 bits per heavy atom. The summed E-state index contributed by atoms with van der Waals surface area (Å²) in [5, 5.41) is 12.8. The van der Waals surface area contributed by atoms with E-state index in [1.54, 1.807) is 13.8 Å². The van der Waals surface area contributed by atoms with E-state index in [2.05, 4.69) is 19.2 Å². The van der Waals surface area contributed by atoms with Crippen LogP contribution in [-0.4, -0.2) is 36.4 Å². The lowest BCUT2D eigenvalue weighted by Gasteiger charge is -2.25. The lowest BCUT2D eigenvalue weighted by molar-refractivity contribution is -0.142. The molecular formula is C11H23NO3.